The number of aliphatic hydroxyl groups is 1. The number of rotatable bonds is 9. The fourth-order valence-electron chi connectivity index (χ4n) is 2.63. The van der Waals surface area contributed by atoms with Gasteiger partial charge in [0, 0.05) is 6.07 Å². The number of aliphatic hydroxyl groups excluding tert-OH is 1. The van der Waals surface area contributed by atoms with Crippen molar-refractivity contribution in [1.29, 1.82) is 0 Å². The smallest absolute Gasteiger partial charge is 0.224 e. The summed E-state index contributed by atoms with van der Waals surface area (Å²) in [4.78, 5) is 18.0. The third kappa shape index (κ3) is 5.30. The van der Waals surface area contributed by atoms with Crippen molar-refractivity contribution >= 4 is 0 Å². The van der Waals surface area contributed by atoms with E-state index in [1.54, 1.807) is 14.2 Å². The highest BCUT2D eigenvalue weighted by molar-refractivity contribution is 5.28. The molecule has 0 saturated heterocycles. The summed E-state index contributed by atoms with van der Waals surface area (Å²) in [6.45, 7) is 0.130. The Morgan fingerprint density at radius 1 is 0.862 bits per heavy atom. The molecule has 3 rings (SSSR count). The maximum Gasteiger partial charge on any atom is 0.224 e. The van der Waals surface area contributed by atoms with Gasteiger partial charge >= 0.3 is 0 Å². The van der Waals surface area contributed by atoms with Crippen molar-refractivity contribution in [2.75, 3.05) is 14.2 Å². The molecule has 3 aromatic rings. The normalized spacial score (nSPS) is 10.4. The minimum atomic E-state index is -0.337. The Bertz CT molecular complexity index is 980. The average molecular weight is 397 g/mol. The van der Waals surface area contributed by atoms with E-state index in [0.29, 0.717) is 5.69 Å². The summed E-state index contributed by atoms with van der Waals surface area (Å²) in [5.41, 5.74) is 1.81. The second-order valence-electron chi connectivity index (χ2n) is 6.24. The summed E-state index contributed by atoms with van der Waals surface area (Å²) in [5, 5.41) is 9.55. The van der Waals surface area contributed by atoms with E-state index in [2.05, 4.69) is 0 Å². The van der Waals surface area contributed by atoms with Crippen molar-refractivity contribution in [3.8, 4) is 17.2 Å². The standard InChI is InChI=1S/C22H23NO6/c1-26-19-7-3-16(4-8-19)14-28-22-12-23(18(13-24)11-21(22)25)29-15-17-5-9-20(27-2)10-6-17/h3-12,24H,13-15H2,1-2H3. The topological polar surface area (TPSA) is 79.2 Å². The molecule has 29 heavy (non-hydrogen) atoms. The van der Waals surface area contributed by atoms with Crippen molar-refractivity contribution in [1.82, 2.24) is 4.73 Å². The van der Waals surface area contributed by atoms with Gasteiger partial charge in [-0.15, -0.1) is 0 Å². The summed E-state index contributed by atoms with van der Waals surface area (Å²) >= 11 is 0. The van der Waals surface area contributed by atoms with Crippen LogP contribution < -0.4 is 24.5 Å². The van der Waals surface area contributed by atoms with E-state index >= 15 is 0 Å². The van der Waals surface area contributed by atoms with Gasteiger partial charge in [0.15, 0.2) is 5.75 Å². The maximum atomic E-state index is 12.3. The highest BCUT2D eigenvalue weighted by Crippen LogP contribution is 2.15. The monoisotopic (exact) mass is 397 g/mol. The number of aromatic nitrogens is 1. The van der Waals surface area contributed by atoms with Crippen LogP contribution in [0.1, 0.15) is 16.8 Å². The van der Waals surface area contributed by atoms with E-state index in [1.165, 1.54) is 17.0 Å². The van der Waals surface area contributed by atoms with E-state index in [1.807, 2.05) is 48.5 Å². The molecule has 1 aromatic heterocycles. The Kier molecular flexibility index (Phi) is 6.76. The summed E-state index contributed by atoms with van der Waals surface area (Å²) in [7, 11) is 3.20. The number of benzene rings is 2. The number of nitrogens with zero attached hydrogens (tertiary/aromatic N) is 1. The zero-order valence-corrected chi connectivity index (χ0v) is 16.3. The third-order valence-electron chi connectivity index (χ3n) is 4.30. The first-order valence-corrected chi connectivity index (χ1v) is 9.01. The molecular weight excluding hydrogens is 374 g/mol. The van der Waals surface area contributed by atoms with Crippen LogP contribution in [-0.4, -0.2) is 24.1 Å². The Labute approximate surface area is 168 Å². The van der Waals surface area contributed by atoms with Crippen LogP contribution in [0.15, 0.2) is 65.6 Å². The molecule has 0 aliphatic carbocycles. The lowest BCUT2D eigenvalue weighted by Crippen LogP contribution is -2.21. The maximum absolute atomic E-state index is 12.3. The second kappa shape index (κ2) is 9.66. The quantitative estimate of drug-likeness (QED) is 0.598. The number of hydrogen-bond donors (Lipinski definition) is 1. The molecule has 0 fully saturated rings. The zero-order chi connectivity index (χ0) is 20.6. The fourth-order valence-corrected chi connectivity index (χ4v) is 2.63. The molecule has 1 heterocycles. The lowest BCUT2D eigenvalue weighted by molar-refractivity contribution is 0.0768. The van der Waals surface area contributed by atoms with Gasteiger partial charge in [0.25, 0.3) is 0 Å². The SMILES string of the molecule is COc1ccc(COc2cn(OCc3ccc(OC)cc3)c(CO)cc2=O)cc1. The summed E-state index contributed by atoms with van der Waals surface area (Å²) in [6, 6.07) is 16.1. The van der Waals surface area contributed by atoms with Crippen LogP contribution in [0.3, 0.4) is 0 Å². The second-order valence-corrected chi connectivity index (χ2v) is 6.24. The highest BCUT2D eigenvalue weighted by atomic mass is 16.7. The Morgan fingerprint density at radius 2 is 1.41 bits per heavy atom. The van der Waals surface area contributed by atoms with Gasteiger partial charge in [0.05, 0.1) is 32.7 Å². The minimum absolute atomic E-state index is 0.132. The summed E-state index contributed by atoms with van der Waals surface area (Å²) in [6.07, 6.45) is 1.45. The molecule has 7 heteroatoms. The lowest BCUT2D eigenvalue weighted by atomic mass is 10.2. The largest absolute Gasteiger partial charge is 0.497 e. The van der Waals surface area contributed by atoms with Gasteiger partial charge in [0.2, 0.25) is 5.43 Å². The Hall–Kier alpha value is -3.45. The predicted octanol–water partition coefficient (Wildman–Crippen LogP) is 2.57. The number of pyridine rings is 1. The molecule has 0 radical (unpaired) electrons. The molecule has 7 nitrogen and oxygen atoms in total. The molecular formula is C22H23NO6. The molecule has 0 atom stereocenters. The van der Waals surface area contributed by atoms with Crippen molar-refractivity contribution in [3.63, 3.8) is 0 Å². The van der Waals surface area contributed by atoms with Gasteiger partial charge in [-0.25, -0.2) is 0 Å². The van der Waals surface area contributed by atoms with Gasteiger partial charge in [0.1, 0.15) is 24.7 Å². The zero-order valence-electron chi connectivity index (χ0n) is 16.3. The van der Waals surface area contributed by atoms with Gasteiger partial charge in [-0.05, 0) is 35.4 Å². The van der Waals surface area contributed by atoms with Crippen LogP contribution in [-0.2, 0) is 19.8 Å². The molecule has 0 unspecified atom stereocenters. The van der Waals surface area contributed by atoms with Crippen LogP contribution in [0, 0.1) is 0 Å². The van der Waals surface area contributed by atoms with E-state index in [4.69, 9.17) is 19.0 Å². The van der Waals surface area contributed by atoms with Gasteiger partial charge < -0.3 is 24.2 Å². The first kappa shape index (κ1) is 20.3. The Morgan fingerprint density at radius 3 is 1.93 bits per heavy atom. The molecule has 152 valence electrons. The molecule has 0 saturated carbocycles. The van der Waals surface area contributed by atoms with Gasteiger partial charge in [-0.3, -0.25) is 4.79 Å². The van der Waals surface area contributed by atoms with E-state index in [0.717, 1.165) is 22.6 Å². The van der Waals surface area contributed by atoms with Gasteiger partial charge in [-0.1, -0.05) is 24.3 Å². The summed E-state index contributed by atoms with van der Waals surface area (Å²) in [5.74, 6) is 1.63. The van der Waals surface area contributed by atoms with Crippen molar-refractivity contribution in [2.45, 2.75) is 19.8 Å². The van der Waals surface area contributed by atoms with E-state index in [9.17, 15) is 9.90 Å². The van der Waals surface area contributed by atoms with Crippen LogP contribution in [0.5, 0.6) is 17.2 Å². The van der Waals surface area contributed by atoms with Crippen molar-refractivity contribution in [2.24, 2.45) is 0 Å². The molecule has 2 aromatic carbocycles. The van der Waals surface area contributed by atoms with Crippen LogP contribution >= 0.6 is 0 Å². The van der Waals surface area contributed by atoms with Crippen LogP contribution in [0.25, 0.3) is 0 Å². The predicted molar refractivity (Wildman–Crippen MR) is 107 cm³/mol. The number of methoxy groups -OCH3 is 2. The number of ether oxygens (including phenoxy) is 3. The minimum Gasteiger partial charge on any atom is -0.497 e. The van der Waals surface area contributed by atoms with E-state index in [-0.39, 0.29) is 31.0 Å². The fraction of sp³-hybridized carbons (Fsp3) is 0.227. The van der Waals surface area contributed by atoms with E-state index < -0.39 is 0 Å². The van der Waals surface area contributed by atoms with Crippen LogP contribution in [0.4, 0.5) is 0 Å². The van der Waals surface area contributed by atoms with Gasteiger partial charge in [-0.2, -0.15) is 4.73 Å². The summed E-state index contributed by atoms with van der Waals surface area (Å²) < 4.78 is 17.3. The average Bonchev–Trinajstić information content (AvgIpc) is 2.77. The van der Waals surface area contributed by atoms with Crippen molar-refractivity contribution < 1.29 is 24.2 Å². The Balaban J connectivity index is 1.71. The molecule has 0 amide bonds. The lowest BCUT2D eigenvalue weighted by Gasteiger charge is -2.15. The first-order valence-electron chi connectivity index (χ1n) is 9.01. The molecule has 0 bridgehead atoms. The molecule has 0 spiro atoms. The molecule has 0 aliphatic rings. The number of hydrogen-bond acceptors (Lipinski definition) is 6. The first-order chi connectivity index (χ1) is 14.1. The molecule has 1 N–H and O–H groups in total. The van der Waals surface area contributed by atoms with Crippen LogP contribution in [0.2, 0.25) is 0 Å². The van der Waals surface area contributed by atoms with Crippen molar-refractivity contribution in [3.05, 3.63) is 87.8 Å². The third-order valence-corrected chi connectivity index (χ3v) is 4.30. The molecule has 0 aliphatic heterocycles. The highest BCUT2D eigenvalue weighted by Gasteiger charge is 2.09.